The molecule has 0 aliphatic heterocycles. The van der Waals surface area contributed by atoms with Crippen molar-refractivity contribution in [3.8, 4) is 5.75 Å². The van der Waals surface area contributed by atoms with Crippen LogP contribution in [0.4, 0.5) is 0 Å². The van der Waals surface area contributed by atoms with Gasteiger partial charge in [0.1, 0.15) is 5.75 Å². The number of aryl methyl sites for hydroxylation is 1. The molecule has 1 aromatic heterocycles. The maximum Gasteiger partial charge on any atom is 0.203 e. The molecule has 0 unspecified atom stereocenters. The molecule has 0 radical (unpaired) electrons. The summed E-state index contributed by atoms with van der Waals surface area (Å²) in [5.74, 6) is 0.661. The van der Waals surface area contributed by atoms with Crippen LogP contribution in [-0.2, 0) is 0 Å². The fraction of sp³-hybridized carbons (Fsp3) is 0.154. The van der Waals surface area contributed by atoms with Crippen molar-refractivity contribution in [3.05, 3.63) is 49.1 Å². The van der Waals surface area contributed by atoms with Gasteiger partial charge in [-0.2, -0.15) is 0 Å². The Hall–Kier alpha value is -0.840. The Morgan fingerprint density at radius 2 is 2.11 bits per heavy atom. The number of ether oxygens (including phenoxy) is 1. The van der Waals surface area contributed by atoms with Crippen LogP contribution in [0.3, 0.4) is 0 Å². The summed E-state index contributed by atoms with van der Waals surface area (Å²) in [6, 6.07) is 7.09. The fourth-order valence-electron chi connectivity index (χ4n) is 1.56. The lowest BCUT2D eigenvalue weighted by atomic mass is 10.1. The van der Waals surface area contributed by atoms with Gasteiger partial charge >= 0.3 is 0 Å². The number of halogens is 2. The molecule has 94 valence electrons. The van der Waals surface area contributed by atoms with Crippen molar-refractivity contribution in [1.29, 1.82) is 0 Å². The first-order valence-electron chi connectivity index (χ1n) is 5.17. The summed E-state index contributed by atoms with van der Waals surface area (Å²) < 4.78 is 5.99. The van der Waals surface area contributed by atoms with Gasteiger partial charge in [-0.15, -0.1) is 11.3 Å². The summed E-state index contributed by atoms with van der Waals surface area (Å²) in [5.41, 5.74) is 1.60. The van der Waals surface area contributed by atoms with Gasteiger partial charge in [-0.3, -0.25) is 4.79 Å². The Labute approximate surface area is 123 Å². The Kier molecular flexibility index (Phi) is 4.10. The molecular weight excluding hydrogens is 336 g/mol. The van der Waals surface area contributed by atoms with Crippen molar-refractivity contribution < 1.29 is 9.53 Å². The van der Waals surface area contributed by atoms with Gasteiger partial charge in [-0.1, -0.05) is 23.7 Å². The minimum atomic E-state index is -0.0501. The average Bonchev–Trinajstić information content (AvgIpc) is 2.69. The molecular formula is C13H10BrClO2S. The summed E-state index contributed by atoms with van der Waals surface area (Å²) in [7, 11) is 1.59. The normalized spacial score (nSPS) is 10.4. The van der Waals surface area contributed by atoms with Gasteiger partial charge in [-0.05, 0) is 40.5 Å². The maximum absolute atomic E-state index is 12.3. The Balaban J connectivity index is 2.39. The molecule has 0 saturated heterocycles. The van der Waals surface area contributed by atoms with Crippen molar-refractivity contribution in [3.63, 3.8) is 0 Å². The lowest BCUT2D eigenvalue weighted by Gasteiger charge is -2.06. The smallest absolute Gasteiger partial charge is 0.203 e. The lowest BCUT2D eigenvalue weighted by Crippen LogP contribution is -1.99. The number of carbonyl (C=O) groups is 1. The summed E-state index contributed by atoms with van der Waals surface area (Å²) in [4.78, 5) is 12.9. The number of rotatable bonds is 3. The summed E-state index contributed by atoms with van der Waals surface area (Å²) in [6.45, 7) is 1.94. The van der Waals surface area contributed by atoms with E-state index in [1.165, 1.54) is 11.3 Å². The number of ketones is 1. The number of hydrogen-bond acceptors (Lipinski definition) is 3. The van der Waals surface area contributed by atoms with E-state index < -0.39 is 0 Å². The van der Waals surface area contributed by atoms with E-state index in [4.69, 9.17) is 16.3 Å². The van der Waals surface area contributed by atoms with Crippen molar-refractivity contribution in [2.45, 2.75) is 6.92 Å². The summed E-state index contributed by atoms with van der Waals surface area (Å²) in [6.07, 6.45) is 0. The molecule has 0 spiro atoms. The molecule has 0 N–H and O–H groups in total. The Morgan fingerprint density at radius 1 is 1.39 bits per heavy atom. The highest BCUT2D eigenvalue weighted by Crippen LogP contribution is 2.33. The molecule has 0 amide bonds. The first-order chi connectivity index (χ1) is 8.52. The zero-order chi connectivity index (χ0) is 13.3. The van der Waals surface area contributed by atoms with Gasteiger partial charge in [0.2, 0.25) is 5.78 Å². The molecule has 2 rings (SSSR count). The molecule has 0 bridgehead atoms. The SMILES string of the molecule is COc1cc(C(=O)c2cc(Cl)c(Br)s2)ccc1C. The number of hydrogen-bond donors (Lipinski definition) is 0. The van der Waals surface area contributed by atoms with Gasteiger partial charge in [0.15, 0.2) is 0 Å². The van der Waals surface area contributed by atoms with Gasteiger partial charge in [0.05, 0.1) is 20.8 Å². The van der Waals surface area contributed by atoms with E-state index in [0.29, 0.717) is 21.2 Å². The minimum absolute atomic E-state index is 0.0501. The molecule has 0 aliphatic carbocycles. The van der Waals surface area contributed by atoms with Gasteiger partial charge < -0.3 is 4.74 Å². The van der Waals surface area contributed by atoms with E-state index in [0.717, 1.165) is 9.35 Å². The van der Waals surface area contributed by atoms with E-state index in [9.17, 15) is 4.79 Å². The van der Waals surface area contributed by atoms with E-state index in [2.05, 4.69) is 15.9 Å². The van der Waals surface area contributed by atoms with E-state index in [-0.39, 0.29) is 5.78 Å². The Bertz CT molecular complexity index is 588. The minimum Gasteiger partial charge on any atom is -0.496 e. The standard InChI is InChI=1S/C13H10BrClO2S/c1-7-3-4-8(5-10(7)17-2)12(16)11-6-9(15)13(14)18-11/h3-6H,1-2H3. The van der Waals surface area contributed by atoms with E-state index >= 15 is 0 Å². The zero-order valence-corrected chi connectivity index (χ0v) is 12.9. The lowest BCUT2D eigenvalue weighted by molar-refractivity contribution is 0.104. The molecule has 0 saturated carbocycles. The average molecular weight is 346 g/mol. The first-order valence-corrected chi connectivity index (χ1v) is 7.16. The molecule has 1 heterocycles. The van der Waals surface area contributed by atoms with Gasteiger partial charge in [-0.25, -0.2) is 0 Å². The van der Waals surface area contributed by atoms with E-state index in [1.54, 1.807) is 25.3 Å². The third-order valence-corrected chi connectivity index (χ3v) is 5.01. The second kappa shape index (κ2) is 5.43. The summed E-state index contributed by atoms with van der Waals surface area (Å²) in [5, 5.41) is 0.558. The molecule has 1 aromatic carbocycles. The number of benzene rings is 1. The topological polar surface area (TPSA) is 26.3 Å². The maximum atomic E-state index is 12.3. The third kappa shape index (κ3) is 2.60. The highest BCUT2D eigenvalue weighted by atomic mass is 79.9. The van der Waals surface area contributed by atoms with Crippen LogP contribution in [0.5, 0.6) is 5.75 Å². The highest BCUT2D eigenvalue weighted by molar-refractivity contribution is 9.11. The zero-order valence-electron chi connectivity index (χ0n) is 9.79. The first kappa shape index (κ1) is 13.6. The second-order valence-corrected chi connectivity index (χ2v) is 6.52. The van der Waals surface area contributed by atoms with Crippen LogP contribution >= 0.6 is 38.9 Å². The number of methoxy groups -OCH3 is 1. The highest BCUT2D eigenvalue weighted by Gasteiger charge is 2.15. The molecule has 0 fully saturated rings. The van der Waals surface area contributed by atoms with Crippen LogP contribution < -0.4 is 4.74 Å². The van der Waals surface area contributed by atoms with Crippen molar-refractivity contribution >= 4 is 44.7 Å². The predicted octanol–water partition coefficient (Wildman–Crippen LogP) is 4.71. The predicted molar refractivity (Wildman–Crippen MR) is 78.2 cm³/mol. The molecule has 0 atom stereocenters. The van der Waals surface area contributed by atoms with Crippen LogP contribution in [0.15, 0.2) is 28.1 Å². The van der Waals surface area contributed by atoms with E-state index in [1.807, 2.05) is 13.0 Å². The Morgan fingerprint density at radius 3 is 2.67 bits per heavy atom. The van der Waals surface area contributed by atoms with Crippen molar-refractivity contribution in [1.82, 2.24) is 0 Å². The summed E-state index contributed by atoms with van der Waals surface area (Å²) >= 11 is 10.6. The largest absolute Gasteiger partial charge is 0.496 e. The van der Waals surface area contributed by atoms with Crippen molar-refractivity contribution in [2.24, 2.45) is 0 Å². The number of thiophene rings is 1. The third-order valence-electron chi connectivity index (χ3n) is 2.54. The number of carbonyl (C=O) groups excluding carboxylic acids is 1. The molecule has 0 aliphatic rings. The van der Waals surface area contributed by atoms with Gasteiger partial charge in [0.25, 0.3) is 0 Å². The quantitative estimate of drug-likeness (QED) is 0.753. The molecule has 5 heteroatoms. The van der Waals surface area contributed by atoms with Crippen LogP contribution in [0.2, 0.25) is 5.02 Å². The molecule has 18 heavy (non-hydrogen) atoms. The van der Waals surface area contributed by atoms with Crippen molar-refractivity contribution in [2.75, 3.05) is 7.11 Å². The van der Waals surface area contributed by atoms with Crippen LogP contribution in [0, 0.1) is 6.92 Å². The second-order valence-electron chi connectivity index (χ2n) is 3.75. The van der Waals surface area contributed by atoms with Gasteiger partial charge in [0, 0.05) is 5.56 Å². The van der Waals surface area contributed by atoms with Crippen LogP contribution in [0.25, 0.3) is 0 Å². The fourth-order valence-corrected chi connectivity index (χ4v) is 3.23. The van der Waals surface area contributed by atoms with Crippen LogP contribution in [0.1, 0.15) is 20.8 Å². The molecule has 2 nitrogen and oxygen atoms in total. The van der Waals surface area contributed by atoms with Crippen LogP contribution in [-0.4, -0.2) is 12.9 Å². The monoisotopic (exact) mass is 344 g/mol. The molecule has 2 aromatic rings.